The molecule has 1 aromatic heterocycles. The number of nitrogens with two attached hydrogens (primary N) is 1. The van der Waals surface area contributed by atoms with Crippen molar-refractivity contribution in [1.82, 2.24) is 20.0 Å². The van der Waals surface area contributed by atoms with Crippen LogP contribution in [0.2, 0.25) is 0 Å². The summed E-state index contributed by atoms with van der Waals surface area (Å²) in [6, 6.07) is 5.85. The molecule has 2 heterocycles. The normalized spacial score (nSPS) is 16.0. The van der Waals surface area contributed by atoms with Crippen molar-refractivity contribution >= 4 is 28.3 Å². The largest absolute Gasteiger partial charge is 0.391 e. The SMILES string of the molecule is CNC1=C(C(N)=Nc2ccc3cnn(C)c3c2)CN(C(C)=O)CC1. The lowest BCUT2D eigenvalue weighted by Gasteiger charge is -2.29. The van der Waals surface area contributed by atoms with Crippen molar-refractivity contribution in [2.45, 2.75) is 13.3 Å². The van der Waals surface area contributed by atoms with Crippen LogP contribution in [0.3, 0.4) is 0 Å². The van der Waals surface area contributed by atoms with Crippen molar-refractivity contribution in [3.8, 4) is 0 Å². The average Bonchev–Trinajstić information content (AvgIpc) is 2.95. The number of carbonyl (C=O) groups excluding carboxylic acids is 1. The molecule has 1 aliphatic heterocycles. The molecule has 0 unspecified atom stereocenters. The lowest BCUT2D eigenvalue weighted by atomic mass is 10.0. The Hall–Kier alpha value is -2.83. The van der Waals surface area contributed by atoms with Gasteiger partial charge in [0.05, 0.1) is 23.9 Å². The Labute approximate surface area is 140 Å². The first-order chi connectivity index (χ1) is 11.5. The lowest BCUT2D eigenvalue weighted by molar-refractivity contribution is -0.128. The summed E-state index contributed by atoms with van der Waals surface area (Å²) < 4.78 is 1.81. The summed E-state index contributed by atoms with van der Waals surface area (Å²) in [6.07, 6.45) is 2.57. The zero-order chi connectivity index (χ0) is 17.3. The van der Waals surface area contributed by atoms with Gasteiger partial charge < -0.3 is 16.0 Å². The standard InChI is InChI=1S/C17H22N6O/c1-11(24)23-7-6-15(19-2)14(10-23)17(18)21-13-5-4-12-9-20-22(3)16(12)8-13/h4-5,8-9,19H,6-7,10H2,1-3H3,(H2,18,21). The molecule has 1 aliphatic rings. The predicted molar refractivity (Wildman–Crippen MR) is 95.0 cm³/mol. The minimum atomic E-state index is 0.0479. The highest BCUT2D eigenvalue weighted by molar-refractivity contribution is 6.00. The van der Waals surface area contributed by atoms with E-state index in [9.17, 15) is 4.79 Å². The maximum Gasteiger partial charge on any atom is 0.219 e. The quantitative estimate of drug-likeness (QED) is 0.657. The van der Waals surface area contributed by atoms with Crippen molar-refractivity contribution in [3.05, 3.63) is 35.7 Å². The Morgan fingerprint density at radius 3 is 2.92 bits per heavy atom. The number of nitrogens with one attached hydrogen (secondary N) is 1. The number of hydrogen-bond donors (Lipinski definition) is 2. The smallest absolute Gasteiger partial charge is 0.219 e. The molecule has 0 spiro atoms. The third-order valence-corrected chi connectivity index (χ3v) is 4.38. The van der Waals surface area contributed by atoms with Gasteiger partial charge in [0.15, 0.2) is 0 Å². The van der Waals surface area contributed by atoms with E-state index in [1.54, 1.807) is 16.5 Å². The third-order valence-electron chi connectivity index (χ3n) is 4.38. The molecule has 0 fully saturated rings. The van der Waals surface area contributed by atoms with E-state index in [-0.39, 0.29) is 5.91 Å². The molecule has 0 bridgehead atoms. The number of rotatable bonds is 3. The molecule has 1 aromatic carbocycles. The number of hydrogen-bond acceptors (Lipinski definition) is 4. The molecule has 2 aromatic rings. The van der Waals surface area contributed by atoms with E-state index in [0.717, 1.165) is 34.3 Å². The number of aryl methyl sites for hydroxylation is 1. The van der Waals surface area contributed by atoms with Gasteiger partial charge in [-0.25, -0.2) is 4.99 Å². The molecule has 7 nitrogen and oxygen atoms in total. The van der Waals surface area contributed by atoms with Crippen LogP contribution < -0.4 is 11.1 Å². The fourth-order valence-corrected chi connectivity index (χ4v) is 2.95. The van der Waals surface area contributed by atoms with Crippen LogP contribution in [0.1, 0.15) is 13.3 Å². The van der Waals surface area contributed by atoms with Gasteiger partial charge in [0.1, 0.15) is 5.84 Å². The van der Waals surface area contributed by atoms with Gasteiger partial charge >= 0.3 is 0 Å². The van der Waals surface area contributed by atoms with Crippen molar-refractivity contribution in [3.63, 3.8) is 0 Å². The lowest BCUT2D eigenvalue weighted by Crippen LogP contribution is -2.40. The van der Waals surface area contributed by atoms with E-state index in [1.807, 2.05) is 38.5 Å². The highest BCUT2D eigenvalue weighted by Gasteiger charge is 2.22. The van der Waals surface area contributed by atoms with Crippen LogP contribution in [-0.4, -0.2) is 46.6 Å². The topological polar surface area (TPSA) is 88.5 Å². The summed E-state index contributed by atoms with van der Waals surface area (Å²) in [4.78, 5) is 18.0. The van der Waals surface area contributed by atoms with Crippen molar-refractivity contribution < 1.29 is 4.79 Å². The molecule has 1 amide bonds. The van der Waals surface area contributed by atoms with Gasteiger partial charge in [0, 0.05) is 50.6 Å². The average molecular weight is 326 g/mol. The monoisotopic (exact) mass is 326 g/mol. The van der Waals surface area contributed by atoms with Crippen molar-refractivity contribution in [2.24, 2.45) is 17.8 Å². The second kappa shape index (κ2) is 6.35. The first-order valence-corrected chi connectivity index (χ1v) is 7.91. The molecular formula is C17H22N6O. The number of aliphatic imine (C=N–C) groups is 1. The van der Waals surface area contributed by atoms with Gasteiger partial charge in [-0.1, -0.05) is 0 Å². The molecule has 0 saturated carbocycles. The fourth-order valence-electron chi connectivity index (χ4n) is 2.95. The third kappa shape index (κ3) is 2.97. The molecule has 3 rings (SSSR count). The predicted octanol–water partition coefficient (Wildman–Crippen LogP) is 1.29. The molecule has 24 heavy (non-hydrogen) atoms. The number of amidine groups is 1. The maximum atomic E-state index is 11.7. The van der Waals surface area contributed by atoms with Crippen molar-refractivity contribution in [1.29, 1.82) is 0 Å². The maximum absolute atomic E-state index is 11.7. The van der Waals surface area contributed by atoms with Gasteiger partial charge in [-0.15, -0.1) is 0 Å². The van der Waals surface area contributed by atoms with Gasteiger partial charge in [-0.05, 0) is 18.2 Å². The van der Waals surface area contributed by atoms with Gasteiger partial charge in [-0.2, -0.15) is 5.10 Å². The first kappa shape index (κ1) is 16.0. The summed E-state index contributed by atoms with van der Waals surface area (Å²) in [6.45, 7) is 2.75. The van der Waals surface area contributed by atoms with Crippen LogP contribution in [0, 0.1) is 0 Å². The van der Waals surface area contributed by atoms with Crippen molar-refractivity contribution in [2.75, 3.05) is 20.1 Å². The van der Waals surface area contributed by atoms with Crippen LogP contribution in [0.5, 0.6) is 0 Å². The van der Waals surface area contributed by atoms with E-state index < -0.39 is 0 Å². The van der Waals surface area contributed by atoms with Crippen LogP contribution in [0.25, 0.3) is 10.9 Å². The zero-order valence-electron chi connectivity index (χ0n) is 14.2. The van der Waals surface area contributed by atoms with E-state index >= 15 is 0 Å². The Morgan fingerprint density at radius 1 is 1.42 bits per heavy atom. The van der Waals surface area contributed by atoms with Crippen LogP contribution in [-0.2, 0) is 11.8 Å². The number of benzene rings is 1. The van der Waals surface area contributed by atoms with Gasteiger partial charge in [0.2, 0.25) is 5.91 Å². The minimum Gasteiger partial charge on any atom is -0.391 e. The van der Waals surface area contributed by atoms with Gasteiger partial charge in [-0.3, -0.25) is 9.48 Å². The Kier molecular flexibility index (Phi) is 4.24. The van der Waals surface area contributed by atoms with E-state index in [4.69, 9.17) is 5.73 Å². The number of nitrogens with zero attached hydrogens (tertiary/aromatic N) is 4. The first-order valence-electron chi connectivity index (χ1n) is 7.91. The van der Waals surface area contributed by atoms with E-state index in [2.05, 4.69) is 15.4 Å². The second-order valence-corrected chi connectivity index (χ2v) is 5.91. The molecule has 0 radical (unpaired) electrons. The number of carbonyl (C=O) groups is 1. The Balaban J connectivity index is 1.96. The second-order valence-electron chi connectivity index (χ2n) is 5.91. The molecule has 0 atom stereocenters. The number of amides is 1. The summed E-state index contributed by atoms with van der Waals surface area (Å²) in [5.41, 5.74) is 9.94. The number of fused-ring (bicyclic) bond motifs is 1. The summed E-state index contributed by atoms with van der Waals surface area (Å²) in [5, 5.41) is 8.48. The molecule has 0 saturated heterocycles. The summed E-state index contributed by atoms with van der Waals surface area (Å²) in [5.74, 6) is 0.485. The van der Waals surface area contributed by atoms with Crippen LogP contribution in [0.4, 0.5) is 5.69 Å². The van der Waals surface area contributed by atoms with E-state index in [0.29, 0.717) is 18.9 Å². The highest BCUT2D eigenvalue weighted by atomic mass is 16.2. The molecule has 126 valence electrons. The molecule has 7 heteroatoms. The zero-order valence-corrected chi connectivity index (χ0v) is 14.2. The van der Waals surface area contributed by atoms with E-state index in [1.165, 1.54) is 0 Å². The Morgan fingerprint density at radius 2 is 2.21 bits per heavy atom. The fraction of sp³-hybridized carbons (Fsp3) is 0.353. The molecule has 0 aliphatic carbocycles. The summed E-state index contributed by atoms with van der Waals surface area (Å²) >= 11 is 0. The summed E-state index contributed by atoms with van der Waals surface area (Å²) in [7, 11) is 3.76. The molecular weight excluding hydrogens is 304 g/mol. The van der Waals surface area contributed by atoms with Crippen LogP contribution >= 0.6 is 0 Å². The van der Waals surface area contributed by atoms with Crippen LogP contribution in [0.15, 0.2) is 40.7 Å². The highest BCUT2D eigenvalue weighted by Crippen LogP contribution is 2.22. The minimum absolute atomic E-state index is 0.0479. The van der Waals surface area contributed by atoms with Gasteiger partial charge in [0.25, 0.3) is 0 Å². The Bertz CT molecular complexity index is 848. The number of aromatic nitrogens is 2. The molecule has 3 N–H and O–H groups in total.